The molecule has 0 spiro atoms. The third-order valence-electron chi connectivity index (χ3n) is 9.85. The lowest BCUT2D eigenvalue weighted by Gasteiger charge is -2.19. The van der Waals surface area contributed by atoms with Crippen molar-refractivity contribution in [2.24, 2.45) is 0 Å². The van der Waals surface area contributed by atoms with Crippen molar-refractivity contribution in [2.45, 2.75) is 238 Å². The van der Waals surface area contributed by atoms with Gasteiger partial charge in [-0.05, 0) is 44.9 Å². The molecule has 0 aliphatic carbocycles. The molecule has 0 saturated carbocycles. The maximum Gasteiger partial charge on any atom is 0.220 e. The summed E-state index contributed by atoms with van der Waals surface area (Å²) in [5.41, 5.74) is 0. The largest absolute Gasteiger partial charge is 0.394 e. The fraction of sp³-hybridized carbons (Fsp3) is 0.844. The Hall–Kier alpha value is -1.39. The molecule has 2 atom stereocenters. The average Bonchev–Trinajstić information content (AvgIpc) is 3.10. The number of rotatable bonds is 39. The highest BCUT2D eigenvalue weighted by Gasteiger charge is 2.17. The summed E-state index contributed by atoms with van der Waals surface area (Å²) in [4.78, 5) is 12.4. The summed E-state index contributed by atoms with van der Waals surface area (Å²) in [6.07, 6.45) is 53.9. The zero-order valence-corrected chi connectivity index (χ0v) is 33.0. The van der Waals surface area contributed by atoms with Gasteiger partial charge >= 0.3 is 0 Å². The van der Waals surface area contributed by atoms with E-state index in [-0.39, 0.29) is 12.5 Å². The second kappa shape index (κ2) is 41.0. The van der Waals surface area contributed by atoms with Crippen LogP contribution in [0.25, 0.3) is 0 Å². The highest BCUT2D eigenvalue weighted by molar-refractivity contribution is 5.76. The first-order valence-corrected chi connectivity index (χ1v) is 21.7. The fourth-order valence-corrected chi connectivity index (χ4v) is 6.50. The Kier molecular flexibility index (Phi) is 39.9. The van der Waals surface area contributed by atoms with Crippen LogP contribution < -0.4 is 5.32 Å². The van der Waals surface area contributed by atoms with Gasteiger partial charge in [0, 0.05) is 6.42 Å². The van der Waals surface area contributed by atoms with Crippen molar-refractivity contribution >= 4 is 5.91 Å². The Morgan fingerprint density at radius 1 is 0.469 bits per heavy atom. The first-order chi connectivity index (χ1) is 24.2. The lowest BCUT2D eigenvalue weighted by atomic mass is 10.0. The summed E-state index contributed by atoms with van der Waals surface area (Å²) in [6.45, 7) is 4.30. The first kappa shape index (κ1) is 47.6. The van der Waals surface area contributed by atoms with E-state index in [2.05, 4.69) is 43.5 Å². The summed E-state index contributed by atoms with van der Waals surface area (Å²) in [7, 11) is 0. The zero-order valence-electron chi connectivity index (χ0n) is 33.0. The summed E-state index contributed by atoms with van der Waals surface area (Å²) < 4.78 is 0. The monoisotopic (exact) mass is 688 g/mol. The van der Waals surface area contributed by atoms with Gasteiger partial charge in [0.1, 0.15) is 0 Å². The Balaban J connectivity index is 3.63. The summed E-state index contributed by atoms with van der Waals surface area (Å²) in [5.74, 6) is -0.0766. The molecule has 0 bridgehead atoms. The average molecular weight is 688 g/mol. The van der Waals surface area contributed by atoms with Gasteiger partial charge in [0.05, 0.1) is 18.8 Å². The SMILES string of the molecule is CCCCCCCCCCCCCC/C=C/CC/C=C/CC/C=C/C(O)C(CO)NC(=O)CCCCCCCCCCCCCCCCC. The Morgan fingerprint density at radius 2 is 0.796 bits per heavy atom. The maximum atomic E-state index is 12.4. The smallest absolute Gasteiger partial charge is 0.220 e. The van der Waals surface area contributed by atoms with Gasteiger partial charge in [0.15, 0.2) is 0 Å². The van der Waals surface area contributed by atoms with Crippen LogP contribution in [0.15, 0.2) is 36.5 Å². The number of nitrogens with one attached hydrogen (secondary N) is 1. The molecule has 0 aromatic rings. The van der Waals surface area contributed by atoms with Crippen LogP contribution in [0.2, 0.25) is 0 Å². The van der Waals surface area contributed by atoms with E-state index in [0.29, 0.717) is 6.42 Å². The Morgan fingerprint density at radius 3 is 1.18 bits per heavy atom. The van der Waals surface area contributed by atoms with E-state index in [1.54, 1.807) is 6.08 Å². The molecule has 0 heterocycles. The van der Waals surface area contributed by atoms with E-state index in [1.165, 1.54) is 167 Å². The zero-order chi connectivity index (χ0) is 35.7. The van der Waals surface area contributed by atoms with Crippen LogP contribution in [0.5, 0.6) is 0 Å². The van der Waals surface area contributed by atoms with Crippen molar-refractivity contribution in [1.82, 2.24) is 5.32 Å². The van der Waals surface area contributed by atoms with Gasteiger partial charge in [-0.15, -0.1) is 0 Å². The van der Waals surface area contributed by atoms with Gasteiger partial charge in [-0.2, -0.15) is 0 Å². The van der Waals surface area contributed by atoms with Gasteiger partial charge in [-0.25, -0.2) is 0 Å². The molecule has 3 N–H and O–H groups in total. The standard InChI is InChI=1S/C45H85NO3/c1-3-5-7-9-11-13-15-17-19-20-21-22-23-24-25-27-28-30-32-34-36-38-40-44(48)43(42-47)46-45(49)41-39-37-35-33-31-29-26-18-16-14-12-10-8-6-4-2/h24-25,30,32,38,40,43-44,47-48H,3-23,26-29,31,33-37,39,41-42H2,1-2H3,(H,46,49)/b25-24+,32-30+,40-38+. The lowest BCUT2D eigenvalue weighted by molar-refractivity contribution is -0.123. The second-order valence-corrected chi connectivity index (χ2v) is 14.8. The summed E-state index contributed by atoms with van der Waals surface area (Å²) >= 11 is 0. The fourth-order valence-electron chi connectivity index (χ4n) is 6.50. The van der Waals surface area contributed by atoms with E-state index < -0.39 is 12.1 Å². The highest BCUT2D eigenvalue weighted by Crippen LogP contribution is 2.15. The molecular weight excluding hydrogens is 602 g/mol. The molecule has 0 saturated heterocycles. The normalized spacial score (nSPS) is 13.3. The number of aliphatic hydroxyl groups is 2. The molecular formula is C45H85NO3. The Bertz CT molecular complexity index is 746. The molecule has 288 valence electrons. The number of carbonyl (C=O) groups is 1. The van der Waals surface area contributed by atoms with Gasteiger partial charge in [0.25, 0.3) is 0 Å². The third kappa shape index (κ3) is 37.7. The van der Waals surface area contributed by atoms with E-state index in [4.69, 9.17) is 0 Å². The number of carbonyl (C=O) groups excluding carboxylic acids is 1. The molecule has 0 aromatic carbocycles. The lowest BCUT2D eigenvalue weighted by Crippen LogP contribution is -2.45. The van der Waals surface area contributed by atoms with E-state index in [0.717, 1.165) is 38.5 Å². The second-order valence-electron chi connectivity index (χ2n) is 14.8. The number of hydrogen-bond donors (Lipinski definition) is 3. The van der Waals surface area contributed by atoms with Crippen molar-refractivity contribution in [3.8, 4) is 0 Å². The van der Waals surface area contributed by atoms with Crippen LogP contribution in [0, 0.1) is 0 Å². The summed E-state index contributed by atoms with van der Waals surface area (Å²) in [6, 6.07) is -0.641. The predicted molar refractivity (Wildman–Crippen MR) is 216 cm³/mol. The quantitative estimate of drug-likeness (QED) is 0.0445. The maximum absolute atomic E-state index is 12.4. The molecule has 4 nitrogen and oxygen atoms in total. The minimum absolute atomic E-state index is 0.0766. The van der Waals surface area contributed by atoms with Gasteiger partial charge in [-0.3, -0.25) is 4.79 Å². The molecule has 0 radical (unpaired) electrons. The van der Waals surface area contributed by atoms with E-state index in [9.17, 15) is 15.0 Å². The number of amides is 1. The van der Waals surface area contributed by atoms with Crippen LogP contribution in [0.3, 0.4) is 0 Å². The van der Waals surface area contributed by atoms with Crippen LogP contribution >= 0.6 is 0 Å². The topological polar surface area (TPSA) is 69.6 Å². The molecule has 0 rings (SSSR count). The van der Waals surface area contributed by atoms with Crippen molar-refractivity contribution in [3.63, 3.8) is 0 Å². The van der Waals surface area contributed by atoms with Crippen molar-refractivity contribution < 1.29 is 15.0 Å². The highest BCUT2D eigenvalue weighted by atomic mass is 16.3. The van der Waals surface area contributed by atoms with Gasteiger partial charge in [0.2, 0.25) is 5.91 Å². The van der Waals surface area contributed by atoms with Crippen LogP contribution in [-0.2, 0) is 4.79 Å². The number of unbranched alkanes of at least 4 members (excludes halogenated alkanes) is 28. The van der Waals surface area contributed by atoms with Crippen LogP contribution in [0.4, 0.5) is 0 Å². The minimum atomic E-state index is -0.866. The number of allylic oxidation sites excluding steroid dienone is 5. The van der Waals surface area contributed by atoms with Crippen LogP contribution in [0.1, 0.15) is 226 Å². The predicted octanol–water partition coefficient (Wildman–Crippen LogP) is 13.4. The van der Waals surface area contributed by atoms with E-state index >= 15 is 0 Å². The number of hydrogen-bond acceptors (Lipinski definition) is 3. The van der Waals surface area contributed by atoms with Crippen molar-refractivity contribution in [1.29, 1.82) is 0 Å². The molecule has 0 fully saturated rings. The van der Waals surface area contributed by atoms with Crippen molar-refractivity contribution in [2.75, 3.05) is 6.61 Å². The molecule has 2 unspecified atom stereocenters. The molecule has 4 heteroatoms. The molecule has 0 aromatic heterocycles. The van der Waals surface area contributed by atoms with Crippen molar-refractivity contribution in [3.05, 3.63) is 36.5 Å². The summed E-state index contributed by atoms with van der Waals surface area (Å²) in [5, 5.41) is 23.0. The minimum Gasteiger partial charge on any atom is -0.394 e. The number of aliphatic hydroxyl groups excluding tert-OH is 2. The molecule has 49 heavy (non-hydrogen) atoms. The van der Waals surface area contributed by atoms with Crippen LogP contribution in [-0.4, -0.2) is 34.9 Å². The molecule has 1 amide bonds. The molecule has 0 aliphatic heterocycles. The first-order valence-electron chi connectivity index (χ1n) is 21.7. The Labute approximate surface area is 306 Å². The third-order valence-corrected chi connectivity index (χ3v) is 9.85. The molecule has 0 aliphatic rings. The van der Waals surface area contributed by atoms with Gasteiger partial charge < -0.3 is 15.5 Å². The van der Waals surface area contributed by atoms with E-state index in [1.807, 2.05) is 6.08 Å². The van der Waals surface area contributed by atoms with Gasteiger partial charge in [-0.1, -0.05) is 211 Å².